The Balaban J connectivity index is 1.67. The van der Waals surface area contributed by atoms with Gasteiger partial charge in [0.05, 0.1) is 36.7 Å². The molecule has 0 bridgehead atoms. The number of carbonyl (C=O) groups excluding carboxylic acids is 1. The fourth-order valence-corrected chi connectivity index (χ4v) is 8.29. The molecule has 0 unspecified atom stereocenters. The number of nitrogens with zero attached hydrogens (tertiary/aromatic N) is 4. The van der Waals surface area contributed by atoms with Crippen LogP contribution in [0.25, 0.3) is 0 Å². The van der Waals surface area contributed by atoms with Crippen molar-refractivity contribution in [2.24, 2.45) is 13.0 Å². The first-order valence-corrected chi connectivity index (χ1v) is 18.9. The number of amides is 1. The minimum atomic E-state index is -3.90. The van der Waals surface area contributed by atoms with Crippen molar-refractivity contribution in [1.82, 2.24) is 18.8 Å². The monoisotopic (exact) mass is 697 g/mol. The number of imidazole rings is 1. The molecular formula is C30H43N5O8S3. The van der Waals surface area contributed by atoms with E-state index >= 15 is 0 Å². The molecule has 1 aromatic carbocycles. The number of aliphatic hydroxyl groups is 1. The van der Waals surface area contributed by atoms with Crippen LogP contribution in [0.15, 0.2) is 57.5 Å². The Labute approximate surface area is 275 Å². The summed E-state index contributed by atoms with van der Waals surface area (Å²) < 4.78 is 70.4. The van der Waals surface area contributed by atoms with Crippen molar-refractivity contribution in [3.63, 3.8) is 0 Å². The van der Waals surface area contributed by atoms with E-state index in [1.807, 2.05) is 13.8 Å². The zero-order valence-electron chi connectivity index (χ0n) is 26.7. The van der Waals surface area contributed by atoms with Gasteiger partial charge in [-0.1, -0.05) is 13.0 Å². The SMILES string of the molecule is C[C@@H]1CN([C@H](C)CO)C(=O)c2cc(NS(=O)(=O)c3cccs3)ccc2O[C@@H](C)CCCCO[C@@H]1CN(C)S(=O)(=O)c1cn(C)cn1. The van der Waals surface area contributed by atoms with Crippen molar-refractivity contribution in [3.8, 4) is 5.75 Å². The highest BCUT2D eigenvalue weighted by Gasteiger charge is 2.33. The number of benzene rings is 1. The van der Waals surface area contributed by atoms with Gasteiger partial charge in [-0.2, -0.15) is 4.31 Å². The second-order valence-corrected chi connectivity index (χ2v) is 16.6. The molecule has 13 nitrogen and oxygen atoms in total. The fourth-order valence-electron chi connectivity index (χ4n) is 5.10. The number of hydrogen-bond acceptors (Lipinski definition) is 10. The molecule has 254 valence electrons. The Kier molecular flexibility index (Phi) is 11.9. The van der Waals surface area contributed by atoms with Gasteiger partial charge in [-0.05, 0) is 62.8 Å². The quantitative estimate of drug-likeness (QED) is 0.342. The number of aromatic nitrogens is 2. The molecule has 2 N–H and O–H groups in total. The van der Waals surface area contributed by atoms with E-state index < -0.39 is 38.1 Å². The highest BCUT2D eigenvalue weighted by molar-refractivity contribution is 7.94. The van der Waals surface area contributed by atoms with Crippen molar-refractivity contribution in [3.05, 3.63) is 53.8 Å². The highest BCUT2D eigenvalue weighted by atomic mass is 32.2. The first-order valence-electron chi connectivity index (χ1n) is 15.1. The summed E-state index contributed by atoms with van der Waals surface area (Å²) in [5, 5.41) is 11.8. The maximum Gasteiger partial charge on any atom is 0.271 e. The van der Waals surface area contributed by atoms with E-state index in [2.05, 4.69) is 9.71 Å². The van der Waals surface area contributed by atoms with Crippen LogP contribution in [-0.4, -0.2) is 98.2 Å². The number of anilines is 1. The van der Waals surface area contributed by atoms with Crippen molar-refractivity contribution in [2.45, 2.75) is 67.5 Å². The van der Waals surface area contributed by atoms with Crippen LogP contribution in [0.2, 0.25) is 0 Å². The molecule has 0 aliphatic carbocycles. The van der Waals surface area contributed by atoms with Crippen LogP contribution < -0.4 is 9.46 Å². The lowest BCUT2D eigenvalue weighted by molar-refractivity contribution is -0.00835. The third kappa shape index (κ3) is 8.66. The zero-order valence-corrected chi connectivity index (χ0v) is 29.1. The molecule has 1 amide bonds. The van der Waals surface area contributed by atoms with Crippen molar-refractivity contribution in [1.29, 1.82) is 0 Å². The molecule has 3 aromatic rings. The minimum Gasteiger partial charge on any atom is -0.490 e. The van der Waals surface area contributed by atoms with Crippen molar-refractivity contribution < 1.29 is 36.2 Å². The number of aryl methyl sites for hydroxylation is 1. The second kappa shape index (κ2) is 15.3. The zero-order chi connectivity index (χ0) is 33.6. The van der Waals surface area contributed by atoms with Crippen LogP contribution in [0.4, 0.5) is 5.69 Å². The maximum absolute atomic E-state index is 14.3. The van der Waals surface area contributed by atoms with E-state index in [-0.39, 0.29) is 52.2 Å². The van der Waals surface area contributed by atoms with Crippen molar-refractivity contribution >= 4 is 43.0 Å². The van der Waals surface area contributed by atoms with E-state index in [0.29, 0.717) is 25.2 Å². The average Bonchev–Trinajstić information content (AvgIpc) is 3.72. The number of likely N-dealkylation sites (N-methyl/N-ethyl adjacent to an activating group) is 1. The lowest BCUT2D eigenvalue weighted by Gasteiger charge is -2.35. The van der Waals surface area contributed by atoms with Crippen LogP contribution in [0, 0.1) is 5.92 Å². The fraction of sp³-hybridized carbons (Fsp3) is 0.533. The Morgan fingerprint density at radius 2 is 1.96 bits per heavy atom. The van der Waals surface area contributed by atoms with Gasteiger partial charge in [-0.25, -0.2) is 21.8 Å². The van der Waals surface area contributed by atoms with E-state index in [0.717, 1.165) is 17.8 Å². The number of thiophene rings is 1. The molecule has 0 spiro atoms. The first kappa shape index (κ1) is 35.8. The number of carbonyl (C=O) groups is 1. The predicted octanol–water partition coefficient (Wildman–Crippen LogP) is 3.40. The number of nitrogens with one attached hydrogen (secondary N) is 1. The third-order valence-corrected chi connectivity index (χ3v) is 12.3. The van der Waals surface area contributed by atoms with Gasteiger partial charge in [0.25, 0.3) is 26.0 Å². The Morgan fingerprint density at radius 3 is 2.61 bits per heavy atom. The number of hydrogen-bond donors (Lipinski definition) is 2. The van der Waals surface area contributed by atoms with Gasteiger partial charge in [0.2, 0.25) is 0 Å². The van der Waals surface area contributed by atoms with Gasteiger partial charge in [-0.15, -0.1) is 11.3 Å². The molecule has 0 radical (unpaired) electrons. The summed E-state index contributed by atoms with van der Waals surface area (Å²) >= 11 is 1.08. The number of aliphatic hydroxyl groups excluding tert-OH is 1. The van der Waals surface area contributed by atoms with Crippen LogP contribution in [0.1, 0.15) is 50.4 Å². The lowest BCUT2D eigenvalue weighted by Crippen LogP contribution is -2.48. The summed E-state index contributed by atoms with van der Waals surface area (Å²) in [5.74, 6) is -0.547. The number of rotatable bonds is 9. The highest BCUT2D eigenvalue weighted by Crippen LogP contribution is 2.30. The van der Waals surface area contributed by atoms with Crippen LogP contribution >= 0.6 is 11.3 Å². The summed E-state index contributed by atoms with van der Waals surface area (Å²) in [6.45, 7) is 5.64. The summed E-state index contributed by atoms with van der Waals surface area (Å²) in [6.07, 6.45) is 4.12. The van der Waals surface area contributed by atoms with E-state index in [9.17, 15) is 26.7 Å². The van der Waals surface area contributed by atoms with E-state index in [1.165, 1.54) is 40.9 Å². The summed E-state index contributed by atoms with van der Waals surface area (Å²) in [6, 6.07) is 7.08. The van der Waals surface area contributed by atoms with Crippen LogP contribution in [-0.2, 0) is 31.8 Å². The summed E-state index contributed by atoms with van der Waals surface area (Å²) in [7, 11) is -4.62. The molecule has 0 fully saturated rings. The average molecular weight is 698 g/mol. The van der Waals surface area contributed by atoms with E-state index in [4.69, 9.17) is 9.47 Å². The largest absolute Gasteiger partial charge is 0.490 e. The van der Waals surface area contributed by atoms with Gasteiger partial charge in [0, 0.05) is 51.6 Å². The van der Waals surface area contributed by atoms with Crippen molar-refractivity contribution in [2.75, 3.05) is 38.1 Å². The predicted molar refractivity (Wildman–Crippen MR) is 175 cm³/mol. The maximum atomic E-state index is 14.3. The topological polar surface area (TPSA) is 160 Å². The lowest BCUT2D eigenvalue weighted by atomic mass is 10.0. The molecule has 4 rings (SSSR count). The molecule has 3 heterocycles. The normalized spacial score (nSPS) is 21.3. The molecule has 2 aromatic heterocycles. The summed E-state index contributed by atoms with van der Waals surface area (Å²) in [4.78, 5) is 19.8. The Hall–Kier alpha value is -3.02. The van der Waals surface area contributed by atoms with Crippen LogP contribution in [0.5, 0.6) is 5.75 Å². The Morgan fingerprint density at radius 1 is 1.20 bits per heavy atom. The first-order chi connectivity index (χ1) is 21.7. The Bertz CT molecular complexity index is 1680. The van der Waals surface area contributed by atoms with Gasteiger partial charge >= 0.3 is 0 Å². The molecule has 16 heteroatoms. The molecule has 1 aliphatic rings. The van der Waals surface area contributed by atoms with E-state index in [1.54, 1.807) is 42.1 Å². The van der Waals surface area contributed by atoms with Gasteiger partial charge in [-0.3, -0.25) is 9.52 Å². The second-order valence-electron chi connectivity index (χ2n) is 11.7. The summed E-state index contributed by atoms with van der Waals surface area (Å²) in [5.41, 5.74) is 0.320. The van der Waals surface area contributed by atoms with Gasteiger partial charge < -0.3 is 24.0 Å². The van der Waals surface area contributed by atoms with Crippen LogP contribution in [0.3, 0.4) is 0 Å². The number of sulfonamides is 2. The molecular weight excluding hydrogens is 655 g/mol. The van der Waals surface area contributed by atoms with Gasteiger partial charge in [0.15, 0.2) is 5.03 Å². The van der Waals surface area contributed by atoms with Gasteiger partial charge in [0.1, 0.15) is 9.96 Å². The molecule has 4 atom stereocenters. The number of ether oxygens (including phenoxy) is 2. The standard InChI is InChI=1S/C30H43N5O8S3/c1-21-16-35(22(2)19-36)30(37)25-15-24(32-45(38,39)29-10-8-14-44-29)11-12-26(25)43-23(3)9-6-7-13-42-27(21)17-34(5)46(40,41)28-18-33(4)20-31-28/h8,10-12,14-15,18,20-23,27,32,36H,6-7,9,13,16-17,19H2,1-5H3/t21-,22-,23+,27-/m1/s1. The third-order valence-electron chi connectivity index (χ3n) is 7.86. The molecule has 0 saturated carbocycles. The molecule has 1 aliphatic heterocycles. The number of fused-ring (bicyclic) bond motifs is 1. The smallest absolute Gasteiger partial charge is 0.271 e. The minimum absolute atomic E-state index is 0.0142. The molecule has 46 heavy (non-hydrogen) atoms. The molecule has 0 saturated heterocycles.